The topological polar surface area (TPSA) is 89.8 Å². The molecule has 0 aliphatic rings. The van der Waals surface area contributed by atoms with Crippen molar-refractivity contribution in [2.24, 2.45) is 0 Å². The van der Waals surface area contributed by atoms with Crippen LogP contribution in [0.1, 0.15) is 0 Å². The summed E-state index contributed by atoms with van der Waals surface area (Å²) in [4.78, 5) is 35.1. The molecular weight excluding hydrogens is 145 g/mol. The van der Waals surface area contributed by atoms with E-state index in [4.69, 9.17) is 14.7 Å². The van der Waals surface area contributed by atoms with Gasteiger partial charge in [-0.25, -0.2) is 4.79 Å². The fourth-order valence-electron chi connectivity index (χ4n) is 0.257. The molecule has 0 bridgehead atoms. The lowest BCUT2D eigenvalue weighted by molar-refractivity contribution is -0.113. The normalized spacial score (nSPS) is 11.6. The third-order valence-corrected chi connectivity index (χ3v) is 1.49. The molecule has 9 heavy (non-hydrogen) atoms. The lowest BCUT2D eigenvalue weighted by Crippen LogP contribution is -2.20. The van der Waals surface area contributed by atoms with Crippen LogP contribution in [0.2, 0.25) is 0 Å². The first-order chi connectivity index (χ1) is 3.98. The molecule has 0 aliphatic carbocycles. The number of likely N-dealkylation sites (N-methyl/N-ethyl adjacent to an activating group) is 1. The van der Waals surface area contributed by atoms with Gasteiger partial charge in [-0.3, -0.25) is 0 Å². The Hall–Kier alpha value is -0.0600. The highest BCUT2D eigenvalue weighted by Gasteiger charge is 2.41. The van der Waals surface area contributed by atoms with Crippen molar-refractivity contribution in [3.8, 4) is 0 Å². The van der Waals surface area contributed by atoms with Crippen LogP contribution in [0.15, 0.2) is 0 Å². The predicted molar refractivity (Wildman–Crippen MR) is 32.5 cm³/mol. The molecule has 0 aromatic heterocycles. The van der Waals surface area contributed by atoms with Gasteiger partial charge in [0.15, 0.2) is 0 Å². The van der Waals surface area contributed by atoms with Gasteiger partial charge >= 0.3 is 13.5 Å². The average Bonchev–Trinajstić information content (AvgIpc) is 1.64. The Balaban J connectivity index is 3.74. The standard InChI is InChI=1S/C3H9NO4P/c1-4-2-3(5)9(6,7)8/h4,6-8H,2H2,1H3/q+1. The quantitative estimate of drug-likeness (QED) is 0.370. The molecule has 0 atom stereocenters. The Bertz CT molecular complexity index is 109. The zero-order chi connectivity index (χ0) is 7.49. The molecule has 54 valence electrons. The maximum atomic E-state index is 10.3. The number of hydrogen-bond donors (Lipinski definition) is 4. The summed E-state index contributed by atoms with van der Waals surface area (Å²) < 4.78 is 0. The van der Waals surface area contributed by atoms with E-state index in [1.54, 1.807) is 0 Å². The zero-order valence-corrected chi connectivity index (χ0v) is 5.80. The molecule has 0 radical (unpaired) electrons. The third-order valence-electron chi connectivity index (χ3n) is 0.663. The third kappa shape index (κ3) is 3.51. The number of carbonyl (C=O) groups excluding carboxylic acids is 1. The number of hydrogen-bond acceptors (Lipinski definition) is 5. The largest absolute Gasteiger partial charge is 0.480 e. The van der Waals surface area contributed by atoms with Crippen LogP contribution in [0.4, 0.5) is 0 Å². The van der Waals surface area contributed by atoms with E-state index in [0.717, 1.165) is 0 Å². The van der Waals surface area contributed by atoms with E-state index in [1.807, 2.05) is 0 Å². The SMILES string of the molecule is CNCC(=O)[P+](O)(O)O. The van der Waals surface area contributed by atoms with E-state index in [9.17, 15) is 4.79 Å². The minimum absolute atomic E-state index is 0.225. The van der Waals surface area contributed by atoms with Crippen molar-refractivity contribution in [3.05, 3.63) is 0 Å². The molecule has 0 aromatic carbocycles. The second-order valence-electron chi connectivity index (χ2n) is 1.49. The van der Waals surface area contributed by atoms with Crippen LogP contribution in [0.3, 0.4) is 0 Å². The number of rotatable bonds is 3. The molecule has 0 unspecified atom stereocenters. The Kier molecular flexibility index (Phi) is 3.17. The van der Waals surface area contributed by atoms with Gasteiger partial charge in [0.05, 0.1) is 0 Å². The number of carbonyl (C=O) groups is 1. The van der Waals surface area contributed by atoms with E-state index < -0.39 is 13.5 Å². The van der Waals surface area contributed by atoms with E-state index in [0.29, 0.717) is 0 Å². The van der Waals surface area contributed by atoms with Crippen molar-refractivity contribution >= 4 is 13.5 Å². The van der Waals surface area contributed by atoms with Gasteiger partial charge in [-0.05, 0) is 7.05 Å². The fraction of sp³-hybridized carbons (Fsp3) is 0.667. The zero-order valence-electron chi connectivity index (χ0n) is 4.90. The summed E-state index contributed by atoms with van der Waals surface area (Å²) >= 11 is 0. The van der Waals surface area contributed by atoms with Crippen LogP contribution >= 0.6 is 7.94 Å². The first-order valence-corrected chi connectivity index (χ1v) is 3.88. The van der Waals surface area contributed by atoms with Crippen LogP contribution in [-0.4, -0.2) is 33.8 Å². The maximum Gasteiger partial charge on any atom is 0.480 e. The first-order valence-electron chi connectivity index (χ1n) is 2.23. The molecule has 0 heterocycles. The van der Waals surface area contributed by atoms with Gasteiger partial charge in [-0.2, -0.15) is 14.7 Å². The minimum atomic E-state index is -4.22. The highest BCUT2D eigenvalue weighted by Crippen LogP contribution is 2.44. The summed E-state index contributed by atoms with van der Waals surface area (Å²) in [6.07, 6.45) is 0. The van der Waals surface area contributed by atoms with Gasteiger partial charge in [0.25, 0.3) is 0 Å². The van der Waals surface area contributed by atoms with E-state index in [2.05, 4.69) is 5.32 Å². The molecule has 0 amide bonds. The first kappa shape index (κ1) is 8.94. The molecule has 0 aliphatic heterocycles. The molecule has 0 fully saturated rings. The van der Waals surface area contributed by atoms with Crippen molar-refractivity contribution in [2.75, 3.05) is 13.6 Å². The van der Waals surface area contributed by atoms with Crippen LogP contribution < -0.4 is 5.32 Å². The van der Waals surface area contributed by atoms with Crippen molar-refractivity contribution in [3.63, 3.8) is 0 Å². The van der Waals surface area contributed by atoms with E-state index >= 15 is 0 Å². The summed E-state index contributed by atoms with van der Waals surface area (Å²) in [5, 5.41) is 2.37. The van der Waals surface area contributed by atoms with Crippen LogP contribution in [-0.2, 0) is 4.79 Å². The smallest absolute Gasteiger partial charge is 0.310 e. The molecule has 0 aromatic rings. The Morgan fingerprint density at radius 2 is 2.00 bits per heavy atom. The summed E-state index contributed by atoms with van der Waals surface area (Å²) in [5.41, 5.74) is -0.968. The highest BCUT2D eigenvalue weighted by atomic mass is 31.2. The molecule has 6 heteroatoms. The van der Waals surface area contributed by atoms with Crippen molar-refractivity contribution < 1.29 is 19.5 Å². The second kappa shape index (κ2) is 3.20. The van der Waals surface area contributed by atoms with Crippen LogP contribution in [0.25, 0.3) is 0 Å². The summed E-state index contributed by atoms with van der Waals surface area (Å²) in [5.74, 6) is 0. The Morgan fingerprint density at radius 3 is 2.11 bits per heavy atom. The van der Waals surface area contributed by atoms with Gasteiger partial charge in [-0.1, -0.05) is 0 Å². The van der Waals surface area contributed by atoms with Crippen molar-refractivity contribution in [1.82, 2.24) is 5.32 Å². The molecule has 4 N–H and O–H groups in total. The molecule has 5 nitrogen and oxygen atoms in total. The summed E-state index contributed by atoms with van der Waals surface area (Å²) in [6, 6.07) is 0. The molecule has 0 spiro atoms. The lowest BCUT2D eigenvalue weighted by atomic mass is 10.7. The van der Waals surface area contributed by atoms with E-state index in [1.165, 1.54) is 7.05 Å². The highest BCUT2D eigenvalue weighted by molar-refractivity contribution is 7.76. The van der Waals surface area contributed by atoms with Gasteiger partial charge in [0, 0.05) is 0 Å². The minimum Gasteiger partial charge on any atom is -0.310 e. The number of nitrogens with one attached hydrogen (secondary N) is 1. The van der Waals surface area contributed by atoms with Gasteiger partial charge in [-0.15, -0.1) is 0 Å². The van der Waals surface area contributed by atoms with Crippen LogP contribution in [0, 0.1) is 0 Å². The second-order valence-corrected chi connectivity index (χ2v) is 3.13. The monoisotopic (exact) mass is 154 g/mol. The Morgan fingerprint density at radius 1 is 1.56 bits per heavy atom. The van der Waals surface area contributed by atoms with Crippen LogP contribution in [0.5, 0.6) is 0 Å². The molecule has 0 rings (SSSR count). The van der Waals surface area contributed by atoms with Crippen molar-refractivity contribution in [2.45, 2.75) is 0 Å². The summed E-state index contributed by atoms with van der Waals surface area (Å²) in [6.45, 7) is -0.225. The van der Waals surface area contributed by atoms with Gasteiger partial charge in [0.2, 0.25) is 0 Å². The van der Waals surface area contributed by atoms with E-state index in [-0.39, 0.29) is 6.54 Å². The van der Waals surface area contributed by atoms with Gasteiger partial charge < -0.3 is 5.32 Å². The average molecular weight is 154 g/mol. The predicted octanol–water partition coefficient (Wildman–Crippen LogP) is -1.53. The van der Waals surface area contributed by atoms with Gasteiger partial charge in [0.1, 0.15) is 6.54 Å². The lowest BCUT2D eigenvalue weighted by Gasteiger charge is -1.98. The van der Waals surface area contributed by atoms with Crippen molar-refractivity contribution in [1.29, 1.82) is 0 Å². The maximum absolute atomic E-state index is 10.3. The molecule has 0 saturated heterocycles. The molecule has 0 saturated carbocycles. The Labute approximate surface area is 52.9 Å². The fourth-order valence-corrected chi connectivity index (χ4v) is 0.628. The summed E-state index contributed by atoms with van der Waals surface area (Å²) in [7, 11) is -2.76. The molecular formula is C3H9NO4P+.